The summed E-state index contributed by atoms with van der Waals surface area (Å²) in [4.78, 5) is 0. The average molecular weight is 259 g/mol. The zero-order valence-corrected chi connectivity index (χ0v) is 12.2. The zero-order chi connectivity index (χ0) is 14.2. The Balaban J connectivity index is 2.64. The molecule has 0 atom stereocenters. The van der Waals surface area contributed by atoms with Crippen LogP contribution in [0.15, 0.2) is 18.3 Å². The largest absolute Gasteiger partial charge is 0.496 e. The number of ether oxygens (including phenoxy) is 1. The molecule has 0 radical (unpaired) electrons. The number of aryl methyl sites for hydroxylation is 2. The van der Waals surface area contributed by atoms with Crippen LogP contribution < -0.4 is 10.5 Å². The van der Waals surface area contributed by atoms with Crippen LogP contribution in [0.5, 0.6) is 5.75 Å². The van der Waals surface area contributed by atoms with Gasteiger partial charge in [-0.25, -0.2) is 0 Å². The summed E-state index contributed by atoms with van der Waals surface area (Å²) in [5, 5.41) is 4.21. The van der Waals surface area contributed by atoms with E-state index in [-0.39, 0.29) is 0 Å². The van der Waals surface area contributed by atoms with Gasteiger partial charge in [-0.1, -0.05) is 13.8 Å². The summed E-state index contributed by atoms with van der Waals surface area (Å²) in [6.45, 7) is 6.38. The third-order valence-corrected chi connectivity index (χ3v) is 3.35. The fraction of sp³-hybridized carbons (Fsp3) is 0.400. The highest BCUT2D eigenvalue weighted by atomic mass is 16.5. The van der Waals surface area contributed by atoms with Crippen molar-refractivity contribution in [2.75, 3.05) is 12.8 Å². The highest BCUT2D eigenvalue weighted by Crippen LogP contribution is 2.36. The van der Waals surface area contributed by atoms with Crippen LogP contribution >= 0.6 is 0 Å². The molecule has 0 unspecified atom stereocenters. The van der Waals surface area contributed by atoms with Gasteiger partial charge in [0.15, 0.2) is 5.82 Å². The predicted molar refractivity (Wildman–Crippen MR) is 78.4 cm³/mol. The van der Waals surface area contributed by atoms with Crippen LogP contribution in [0.25, 0.3) is 11.1 Å². The minimum Gasteiger partial charge on any atom is -0.496 e. The minimum atomic E-state index is 0.396. The first-order valence-corrected chi connectivity index (χ1v) is 6.42. The summed E-state index contributed by atoms with van der Waals surface area (Å²) >= 11 is 0. The molecule has 0 amide bonds. The molecule has 0 saturated carbocycles. The summed E-state index contributed by atoms with van der Waals surface area (Å²) in [7, 11) is 3.58. The minimum absolute atomic E-state index is 0.396. The summed E-state index contributed by atoms with van der Waals surface area (Å²) < 4.78 is 7.20. The Kier molecular flexibility index (Phi) is 3.51. The lowest BCUT2D eigenvalue weighted by molar-refractivity contribution is 0.407. The molecule has 0 aliphatic rings. The number of nitrogens with two attached hydrogens (primary N) is 1. The summed E-state index contributed by atoms with van der Waals surface area (Å²) in [6.07, 6.45) is 1.95. The Morgan fingerprint density at radius 2 is 1.95 bits per heavy atom. The van der Waals surface area contributed by atoms with Gasteiger partial charge >= 0.3 is 0 Å². The normalized spacial score (nSPS) is 11.1. The predicted octanol–water partition coefficient (Wildman–Crippen LogP) is 3.11. The highest BCUT2D eigenvalue weighted by molar-refractivity contribution is 5.77. The monoisotopic (exact) mass is 259 g/mol. The average Bonchev–Trinajstić information content (AvgIpc) is 2.67. The topological polar surface area (TPSA) is 53.1 Å². The Bertz CT molecular complexity index is 600. The highest BCUT2D eigenvalue weighted by Gasteiger charge is 2.15. The quantitative estimate of drug-likeness (QED) is 0.921. The number of benzene rings is 1. The number of hydrogen-bond acceptors (Lipinski definition) is 3. The Labute approximate surface area is 114 Å². The van der Waals surface area contributed by atoms with Gasteiger partial charge in [0.1, 0.15) is 5.75 Å². The molecule has 0 fully saturated rings. The molecule has 2 rings (SSSR count). The van der Waals surface area contributed by atoms with Crippen molar-refractivity contribution in [2.45, 2.75) is 26.7 Å². The number of nitrogen functional groups attached to an aromatic ring is 1. The second kappa shape index (κ2) is 4.96. The van der Waals surface area contributed by atoms with Crippen LogP contribution in [0.4, 0.5) is 5.82 Å². The number of aromatic nitrogens is 2. The maximum Gasteiger partial charge on any atom is 0.153 e. The molecule has 102 valence electrons. The number of rotatable bonds is 3. The summed E-state index contributed by atoms with van der Waals surface area (Å²) in [6, 6.07) is 4.23. The molecule has 0 aliphatic carbocycles. The zero-order valence-electron chi connectivity index (χ0n) is 12.2. The van der Waals surface area contributed by atoms with Gasteiger partial charge < -0.3 is 10.5 Å². The second-order valence-electron chi connectivity index (χ2n) is 5.17. The molecule has 0 bridgehead atoms. The van der Waals surface area contributed by atoms with E-state index < -0.39 is 0 Å². The van der Waals surface area contributed by atoms with E-state index in [2.05, 4.69) is 38.0 Å². The maximum absolute atomic E-state index is 5.98. The van der Waals surface area contributed by atoms with Gasteiger partial charge in [0.05, 0.1) is 7.11 Å². The molecule has 2 N–H and O–H groups in total. The van der Waals surface area contributed by atoms with Gasteiger partial charge in [-0.3, -0.25) is 4.68 Å². The third kappa shape index (κ3) is 2.43. The van der Waals surface area contributed by atoms with Gasteiger partial charge in [0, 0.05) is 18.8 Å². The molecule has 0 spiro atoms. The smallest absolute Gasteiger partial charge is 0.153 e. The van der Waals surface area contributed by atoms with Crippen molar-refractivity contribution in [3.63, 3.8) is 0 Å². The molecule has 0 aliphatic heterocycles. The fourth-order valence-corrected chi connectivity index (χ4v) is 2.33. The first-order valence-electron chi connectivity index (χ1n) is 6.42. The molecule has 0 saturated heterocycles. The molecule has 19 heavy (non-hydrogen) atoms. The van der Waals surface area contributed by atoms with Crippen molar-refractivity contribution in [3.8, 4) is 16.9 Å². The number of hydrogen-bond donors (Lipinski definition) is 1. The first kappa shape index (κ1) is 13.5. The molecular formula is C15H21N3O. The van der Waals surface area contributed by atoms with Crippen molar-refractivity contribution in [2.24, 2.45) is 7.05 Å². The standard InChI is InChI=1S/C15H21N3O/c1-9(2)11-7-12(10(3)6-14(11)19-5)13-8-18(4)17-15(13)16/h6-9H,1-5H3,(H2,16,17). The van der Waals surface area contributed by atoms with Crippen LogP contribution in [0.2, 0.25) is 0 Å². The first-order chi connectivity index (χ1) is 8.93. The van der Waals surface area contributed by atoms with E-state index in [1.807, 2.05) is 13.2 Å². The molecule has 4 nitrogen and oxygen atoms in total. The number of nitrogens with zero attached hydrogens (tertiary/aromatic N) is 2. The van der Waals surface area contributed by atoms with Crippen molar-refractivity contribution in [1.82, 2.24) is 9.78 Å². The van der Waals surface area contributed by atoms with Crippen LogP contribution in [-0.2, 0) is 7.05 Å². The van der Waals surface area contributed by atoms with Crippen LogP contribution in [0, 0.1) is 6.92 Å². The lowest BCUT2D eigenvalue weighted by atomic mass is 9.94. The number of methoxy groups -OCH3 is 1. The van der Waals surface area contributed by atoms with Gasteiger partial charge in [-0.2, -0.15) is 5.10 Å². The van der Waals surface area contributed by atoms with Gasteiger partial charge in [-0.05, 0) is 41.7 Å². The van der Waals surface area contributed by atoms with E-state index in [0.29, 0.717) is 11.7 Å². The molecule has 1 heterocycles. The van der Waals surface area contributed by atoms with Crippen molar-refractivity contribution >= 4 is 5.82 Å². The molecule has 1 aromatic heterocycles. The van der Waals surface area contributed by atoms with Gasteiger partial charge in [0.25, 0.3) is 0 Å². The van der Waals surface area contributed by atoms with Crippen LogP contribution in [-0.4, -0.2) is 16.9 Å². The van der Waals surface area contributed by atoms with E-state index in [4.69, 9.17) is 10.5 Å². The van der Waals surface area contributed by atoms with E-state index in [9.17, 15) is 0 Å². The lowest BCUT2D eigenvalue weighted by Gasteiger charge is -2.15. The molecule has 2 aromatic rings. The fourth-order valence-electron chi connectivity index (χ4n) is 2.33. The van der Waals surface area contributed by atoms with E-state index in [0.717, 1.165) is 22.4 Å². The van der Waals surface area contributed by atoms with E-state index in [1.54, 1.807) is 11.8 Å². The lowest BCUT2D eigenvalue weighted by Crippen LogP contribution is -1.98. The van der Waals surface area contributed by atoms with Crippen molar-refractivity contribution in [3.05, 3.63) is 29.5 Å². The van der Waals surface area contributed by atoms with Crippen LogP contribution in [0.3, 0.4) is 0 Å². The van der Waals surface area contributed by atoms with Crippen molar-refractivity contribution < 1.29 is 4.74 Å². The van der Waals surface area contributed by atoms with Crippen molar-refractivity contribution in [1.29, 1.82) is 0 Å². The van der Waals surface area contributed by atoms with Crippen LogP contribution in [0.1, 0.15) is 30.9 Å². The second-order valence-corrected chi connectivity index (χ2v) is 5.17. The Morgan fingerprint density at radius 3 is 2.42 bits per heavy atom. The third-order valence-electron chi connectivity index (χ3n) is 3.35. The Hall–Kier alpha value is -1.97. The molecular weight excluding hydrogens is 238 g/mol. The Morgan fingerprint density at radius 1 is 1.26 bits per heavy atom. The van der Waals surface area contributed by atoms with Gasteiger partial charge in [0.2, 0.25) is 0 Å². The molecule has 4 heteroatoms. The number of anilines is 1. The summed E-state index contributed by atoms with van der Waals surface area (Å²) in [5.41, 5.74) is 10.4. The van der Waals surface area contributed by atoms with E-state index >= 15 is 0 Å². The van der Waals surface area contributed by atoms with E-state index in [1.165, 1.54) is 5.56 Å². The van der Waals surface area contributed by atoms with Gasteiger partial charge in [-0.15, -0.1) is 0 Å². The maximum atomic E-state index is 5.98. The SMILES string of the molecule is COc1cc(C)c(-c2cn(C)nc2N)cc1C(C)C. The molecule has 1 aromatic carbocycles. The summed E-state index contributed by atoms with van der Waals surface area (Å²) in [5.74, 6) is 1.89.